The highest BCUT2D eigenvalue weighted by molar-refractivity contribution is 7.06. The predicted octanol–water partition coefficient (Wildman–Crippen LogP) is 4.74. The third kappa shape index (κ3) is 3.99. The summed E-state index contributed by atoms with van der Waals surface area (Å²) in [5.74, 6) is -1.74. The quantitative estimate of drug-likeness (QED) is 0.531. The summed E-state index contributed by atoms with van der Waals surface area (Å²) in [5.41, 5.74) is -1.34. The second-order valence-electron chi connectivity index (χ2n) is 6.41. The summed E-state index contributed by atoms with van der Waals surface area (Å²) in [6, 6.07) is 4.10. The molecule has 30 heavy (non-hydrogen) atoms. The molecule has 0 saturated heterocycles. The van der Waals surface area contributed by atoms with E-state index in [2.05, 4.69) is 9.98 Å². The number of hydrogen-bond donors (Lipinski definition) is 0. The molecule has 0 aliphatic carbocycles. The van der Waals surface area contributed by atoms with Gasteiger partial charge in [0.25, 0.3) is 0 Å². The van der Waals surface area contributed by atoms with Gasteiger partial charge in [-0.25, -0.2) is 19.0 Å². The smallest absolute Gasteiger partial charge is 0.421 e. The Morgan fingerprint density at radius 2 is 1.93 bits per heavy atom. The van der Waals surface area contributed by atoms with Gasteiger partial charge in [-0.15, -0.1) is 0 Å². The Morgan fingerprint density at radius 3 is 2.67 bits per heavy atom. The van der Waals surface area contributed by atoms with Crippen LogP contribution in [0.3, 0.4) is 0 Å². The Morgan fingerprint density at radius 1 is 1.20 bits per heavy atom. The molecular formula is C18H13ClF4N4O2S. The van der Waals surface area contributed by atoms with Crippen LogP contribution in [0.15, 0.2) is 40.2 Å². The van der Waals surface area contributed by atoms with Gasteiger partial charge in [0.2, 0.25) is 10.7 Å². The second-order valence-corrected chi connectivity index (χ2v) is 7.74. The molecule has 3 heterocycles. The maximum atomic E-state index is 14.5. The molecule has 1 aliphatic heterocycles. The molecule has 0 unspecified atom stereocenters. The first-order valence-corrected chi connectivity index (χ1v) is 9.98. The molecule has 6 nitrogen and oxygen atoms in total. The summed E-state index contributed by atoms with van der Waals surface area (Å²) in [7, 11) is 0. The fraction of sp³-hybridized carbons (Fsp3) is 0.278. The highest BCUT2D eigenvalue weighted by Crippen LogP contribution is 2.38. The Bertz CT molecular complexity index is 1230. The third-order valence-corrected chi connectivity index (χ3v) is 5.53. The van der Waals surface area contributed by atoms with E-state index >= 15 is 0 Å². The van der Waals surface area contributed by atoms with Crippen LogP contribution in [0.4, 0.5) is 23.2 Å². The monoisotopic (exact) mass is 460 g/mol. The van der Waals surface area contributed by atoms with Crippen LogP contribution in [-0.2, 0) is 19.3 Å². The molecule has 0 fully saturated rings. The van der Waals surface area contributed by atoms with E-state index in [-0.39, 0.29) is 26.1 Å². The van der Waals surface area contributed by atoms with Crippen LogP contribution in [0.5, 0.6) is 11.6 Å². The topological polar surface area (TPSA) is 61.4 Å². The average Bonchev–Trinajstić information content (AvgIpc) is 3.01. The van der Waals surface area contributed by atoms with Gasteiger partial charge in [0, 0.05) is 31.4 Å². The third-order valence-electron chi connectivity index (χ3n) is 4.38. The van der Waals surface area contributed by atoms with Crippen molar-refractivity contribution < 1.29 is 22.3 Å². The highest BCUT2D eigenvalue weighted by Gasteiger charge is 2.35. The van der Waals surface area contributed by atoms with E-state index in [0.717, 1.165) is 54.6 Å². The molecule has 0 N–H and O–H groups in total. The van der Waals surface area contributed by atoms with E-state index in [4.69, 9.17) is 16.3 Å². The van der Waals surface area contributed by atoms with Crippen molar-refractivity contribution >= 4 is 28.6 Å². The second kappa shape index (κ2) is 7.88. The van der Waals surface area contributed by atoms with E-state index < -0.39 is 23.4 Å². The fourth-order valence-corrected chi connectivity index (χ4v) is 4.11. The van der Waals surface area contributed by atoms with Crippen LogP contribution >= 0.6 is 22.9 Å². The van der Waals surface area contributed by atoms with Gasteiger partial charge in [-0.2, -0.15) is 13.2 Å². The van der Waals surface area contributed by atoms with Crippen molar-refractivity contribution in [3.05, 3.63) is 61.3 Å². The molecule has 3 aromatic rings. The van der Waals surface area contributed by atoms with Crippen molar-refractivity contribution in [3.63, 3.8) is 0 Å². The minimum absolute atomic E-state index is 0.172. The van der Waals surface area contributed by atoms with Crippen LogP contribution in [0.1, 0.15) is 18.4 Å². The Balaban J connectivity index is 1.78. The lowest BCUT2D eigenvalue weighted by Gasteiger charge is -2.16. The normalized spacial score (nSPS) is 14.6. The summed E-state index contributed by atoms with van der Waals surface area (Å²) in [5, 5.41) is -0.388. The Kier molecular flexibility index (Phi) is 5.41. The summed E-state index contributed by atoms with van der Waals surface area (Å²) in [4.78, 5) is 19.9. The zero-order valence-corrected chi connectivity index (χ0v) is 16.7. The van der Waals surface area contributed by atoms with E-state index in [0.29, 0.717) is 13.1 Å². The van der Waals surface area contributed by atoms with Crippen molar-refractivity contribution in [1.29, 1.82) is 0 Å². The van der Waals surface area contributed by atoms with Crippen molar-refractivity contribution in [1.82, 2.24) is 14.3 Å². The van der Waals surface area contributed by atoms with Crippen molar-refractivity contribution in [2.24, 2.45) is 4.99 Å². The summed E-state index contributed by atoms with van der Waals surface area (Å²) in [6.07, 6.45) is -1.85. The predicted molar refractivity (Wildman–Crippen MR) is 102 cm³/mol. The number of aromatic nitrogens is 3. The van der Waals surface area contributed by atoms with Crippen molar-refractivity contribution in [2.75, 3.05) is 0 Å². The lowest BCUT2D eigenvalue weighted by molar-refractivity contribution is -0.138. The fourth-order valence-electron chi connectivity index (χ4n) is 3.01. The van der Waals surface area contributed by atoms with Crippen molar-refractivity contribution in [2.45, 2.75) is 32.1 Å². The Hall–Kier alpha value is -2.66. The van der Waals surface area contributed by atoms with Crippen LogP contribution in [0, 0.1) is 5.82 Å². The number of fused-ring (bicyclic) bond motifs is 1. The van der Waals surface area contributed by atoms with Gasteiger partial charge >= 0.3 is 11.0 Å². The maximum Gasteiger partial charge on any atom is 0.421 e. The SMILES string of the molecule is O=c1sc(=Nc2cc(Oc3ncccc3C(F)(F)F)cc(Cl)c2F)n2n1CCCC2. The number of pyridine rings is 1. The largest absolute Gasteiger partial charge is 0.438 e. The number of nitrogens with zero attached hydrogens (tertiary/aromatic N) is 4. The van der Waals surface area contributed by atoms with E-state index in [1.807, 2.05) is 0 Å². The molecule has 0 saturated carbocycles. The minimum atomic E-state index is -4.69. The maximum absolute atomic E-state index is 14.5. The van der Waals surface area contributed by atoms with Crippen LogP contribution < -0.4 is 14.4 Å². The van der Waals surface area contributed by atoms with E-state index in [9.17, 15) is 22.4 Å². The molecule has 1 aromatic carbocycles. The highest BCUT2D eigenvalue weighted by atomic mass is 35.5. The van der Waals surface area contributed by atoms with Gasteiger partial charge in [0.1, 0.15) is 17.0 Å². The van der Waals surface area contributed by atoms with Gasteiger partial charge in [0.05, 0.1) is 5.02 Å². The van der Waals surface area contributed by atoms with Crippen LogP contribution in [0.25, 0.3) is 0 Å². The van der Waals surface area contributed by atoms with E-state index in [1.165, 1.54) is 4.68 Å². The molecule has 1 aliphatic rings. The first kappa shape index (κ1) is 20.6. The van der Waals surface area contributed by atoms with Gasteiger partial charge in [-0.05, 0) is 36.3 Å². The zero-order chi connectivity index (χ0) is 21.5. The molecule has 158 valence electrons. The Labute approximate surface area is 175 Å². The standard InChI is InChI=1S/C18H13ClF4N4O2S/c19-12-8-10(29-15-11(18(21,22)23)4-3-5-24-15)9-13(14(12)20)25-16-26-6-1-2-7-27(26)17(28)30-16/h3-5,8-9H,1-2,6-7H2. The molecule has 0 atom stereocenters. The van der Waals surface area contributed by atoms with Crippen LogP contribution in [0.2, 0.25) is 5.02 Å². The number of benzene rings is 1. The molecule has 0 amide bonds. The van der Waals surface area contributed by atoms with Gasteiger partial charge in [0.15, 0.2) is 5.82 Å². The lowest BCUT2D eigenvalue weighted by Crippen LogP contribution is -2.31. The van der Waals surface area contributed by atoms with Gasteiger partial charge in [-0.1, -0.05) is 11.6 Å². The number of hydrogen-bond acceptors (Lipinski definition) is 5. The molecule has 0 radical (unpaired) electrons. The number of rotatable bonds is 3. The number of halogens is 5. The van der Waals surface area contributed by atoms with Crippen molar-refractivity contribution in [3.8, 4) is 11.6 Å². The number of ether oxygens (including phenoxy) is 1. The van der Waals surface area contributed by atoms with Crippen LogP contribution in [-0.4, -0.2) is 14.3 Å². The summed E-state index contributed by atoms with van der Waals surface area (Å²) < 4.78 is 62.5. The summed E-state index contributed by atoms with van der Waals surface area (Å²) in [6.45, 7) is 1.09. The minimum Gasteiger partial charge on any atom is -0.438 e. The molecule has 2 aromatic heterocycles. The van der Waals surface area contributed by atoms with Gasteiger partial charge in [-0.3, -0.25) is 9.48 Å². The zero-order valence-electron chi connectivity index (χ0n) is 15.1. The first-order valence-electron chi connectivity index (χ1n) is 8.78. The van der Waals surface area contributed by atoms with Gasteiger partial charge < -0.3 is 4.74 Å². The molecule has 4 rings (SSSR count). The summed E-state index contributed by atoms with van der Waals surface area (Å²) >= 11 is 6.75. The molecule has 12 heteroatoms. The molecule has 0 spiro atoms. The number of alkyl halides is 3. The van der Waals surface area contributed by atoms with E-state index in [1.54, 1.807) is 4.68 Å². The average molecular weight is 461 g/mol. The molecule has 0 bridgehead atoms. The lowest BCUT2D eigenvalue weighted by atomic mass is 10.2. The first-order chi connectivity index (χ1) is 14.2. The molecular weight excluding hydrogens is 448 g/mol.